The lowest BCUT2D eigenvalue weighted by Gasteiger charge is -2.52. The van der Waals surface area contributed by atoms with Crippen LogP contribution < -0.4 is 0 Å². The van der Waals surface area contributed by atoms with Gasteiger partial charge in [-0.15, -0.1) is 0 Å². The van der Waals surface area contributed by atoms with Crippen LogP contribution in [0, 0.1) is 33.5 Å². The van der Waals surface area contributed by atoms with Crippen LogP contribution in [0.1, 0.15) is 38.5 Å². The highest BCUT2D eigenvalue weighted by Crippen LogP contribution is 2.62. The lowest BCUT2D eigenvalue weighted by Crippen LogP contribution is -2.49. The Morgan fingerprint density at radius 1 is 0.750 bits per heavy atom. The molecular formula is C10H12N2. The summed E-state index contributed by atoms with van der Waals surface area (Å²) in [5, 5.41) is 18.1. The number of rotatable bonds is 1. The molecule has 0 heterocycles. The molecule has 0 unspecified atom stereocenters. The van der Waals surface area contributed by atoms with Gasteiger partial charge in [-0.2, -0.15) is 10.5 Å². The highest BCUT2D eigenvalue weighted by Gasteiger charge is 2.58. The van der Waals surface area contributed by atoms with Crippen LogP contribution >= 0.6 is 0 Å². The molecule has 0 aromatic heterocycles. The van der Waals surface area contributed by atoms with Gasteiger partial charge in [-0.3, -0.25) is 0 Å². The molecule has 0 saturated heterocycles. The van der Waals surface area contributed by atoms with Crippen molar-refractivity contribution in [3.63, 3.8) is 0 Å². The standard InChI is InChI=1S/C10H12N2/c11-7-9(3-1-4-9)10(8-12)5-2-6-10/h1-6H2. The van der Waals surface area contributed by atoms with Crippen LogP contribution in [0.4, 0.5) is 0 Å². The van der Waals surface area contributed by atoms with Gasteiger partial charge >= 0.3 is 0 Å². The molecule has 62 valence electrons. The average Bonchev–Trinajstić information content (AvgIpc) is 1.92. The molecule has 0 bridgehead atoms. The predicted octanol–water partition coefficient (Wildman–Crippen LogP) is 2.37. The molecule has 2 saturated carbocycles. The first-order valence-electron chi connectivity index (χ1n) is 4.61. The van der Waals surface area contributed by atoms with Crippen molar-refractivity contribution in [1.29, 1.82) is 10.5 Å². The molecule has 0 aromatic carbocycles. The molecule has 0 N–H and O–H groups in total. The summed E-state index contributed by atoms with van der Waals surface area (Å²) < 4.78 is 0. The lowest BCUT2D eigenvalue weighted by molar-refractivity contribution is -0.00421. The van der Waals surface area contributed by atoms with E-state index < -0.39 is 0 Å². The molecule has 0 spiro atoms. The van der Waals surface area contributed by atoms with Crippen LogP contribution in [-0.2, 0) is 0 Å². The smallest absolute Gasteiger partial charge is 0.0760 e. The van der Waals surface area contributed by atoms with Crippen molar-refractivity contribution < 1.29 is 0 Å². The van der Waals surface area contributed by atoms with E-state index in [4.69, 9.17) is 10.5 Å². The maximum Gasteiger partial charge on any atom is 0.0760 e. The summed E-state index contributed by atoms with van der Waals surface area (Å²) in [5.41, 5.74) is -0.500. The van der Waals surface area contributed by atoms with E-state index in [1.54, 1.807) is 0 Å². The summed E-state index contributed by atoms with van der Waals surface area (Å²) in [6, 6.07) is 4.77. The van der Waals surface area contributed by atoms with Crippen molar-refractivity contribution >= 4 is 0 Å². The fourth-order valence-electron chi connectivity index (χ4n) is 2.46. The van der Waals surface area contributed by atoms with Gasteiger partial charge in [0.1, 0.15) is 0 Å². The van der Waals surface area contributed by atoms with Gasteiger partial charge in [-0.25, -0.2) is 0 Å². The summed E-state index contributed by atoms with van der Waals surface area (Å²) in [6.07, 6.45) is 6.09. The first-order valence-corrected chi connectivity index (χ1v) is 4.61. The van der Waals surface area contributed by atoms with Crippen LogP contribution in [0.2, 0.25) is 0 Å². The van der Waals surface area contributed by atoms with Gasteiger partial charge in [0, 0.05) is 0 Å². The molecule has 12 heavy (non-hydrogen) atoms. The third-order valence-electron chi connectivity index (χ3n) is 3.76. The van der Waals surface area contributed by atoms with Crippen molar-refractivity contribution in [1.82, 2.24) is 0 Å². The minimum Gasteiger partial charge on any atom is -0.198 e. The summed E-state index contributed by atoms with van der Waals surface area (Å²) >= 11 is 0. The van der Waals surface area contributed by atoms with Crippen LogP contribution in [0.5, 0.6) is 0 Å². The Morgan fingerprint density at radius 2 is 1.08 bits per heavy atom. The van der Waals surface area contributed by atoms with Gasteiger partial charge in [-0.1, -0.05) is 12.8 Å². The molecule has 2 nitrogen and oxygen atoms in total. The predicted molar refractivity (Wildman–Crippen MR) is 43.8 cm³/mol. The van der Waals surface area contributed by atoms with Crippen LogP contribution in [0.25, 0.3) is 0 Å². The zero-order valence-electron chi connectivity index (χ0n) is 7.14. The van der Waals surface area contributed by atoms with Gasteiger partial charge < -0.3 is 0 Å². The number of nitriles is 2. The molecule has 2 fully saturated rings. The maximum absolute atomic E-state index is 9.07. The molecule has 2 aliphatic carbocycles. The second-order valence-corrected chi connectivity index (χ2v) is 4.09. The monoisotopic (exact) mass is 160 g/mol. The Balaban J connectivity index is 2.27. The quantitative estimate of drug-likeness (QED) is 0.591. The molecule has 0 aromatic rings. The number of nitrogens with zero attached hydrogens (tertiary/aromatic N) is 2. The van der Waals surface area contributed by atoms with Crippen LogP contribution in [0.3, 0.4) is 0 Å². The first-order chi connectivity index (χ1) is 5.79. The minimum absolute atomic E-state index is 0.250. The number of hydrogen-bond donors (Lipinski definition) is 0. The van der Waals surface area contributed by atoms with Crippen molar-refractivity contribution in [2.75, 3.05) is 0 Å². The topological polar surface area (TPSA) is 47.6 Å². The van der Waals surface area contributed by atoms with Gasteiger partial charge in [0.15, 0.2) is 0 Å². The summed E-state index contributed by atoms with van der Waals surface area (Å²) in [7, 11) is 0. The molecule has 0 radical (unpaired) electrons. The summed E-state index contributed by atoms with van der Waals surface area (Å²) in [4.78, 5) is 0. The molecule has 0 aliphatic heterocycles. The van der Waals surface area contributed by atoms with Gasteiger partial charge in [0.25, 0.3) is 0 Å². The molecule has 0 atom stereocenters. The van der Waals surface area contributed by atoms with E-state index in [1.807, 2.05) is 0 Å². The Morgan fingerprint density at radius 3 is 1.17 bits per heavy atom. The second-order valence-electron chi connectivity index (χ2n) is 4.09. The van der Waals surface area contributed by atoms with Gasteiger partial charge in [0.05, 0.1) is 23.0 Å². The van der Waals surface area contributed by atoms with Gasteiger partial charge in [0.2, 0.25) is 0 Å². The normalized spacial score (nSPS) is 28.8. The zero-order chi connectivity index (χ0) is 8.66. The van der Waals surface area contributed by atoms with Crippen molar-refractivity contribution in [3.05, 3.63) is 0 Å². The van der Waals surface area contributed by atoms with E-state index >= 15 is 0 Å². The van der Waals surface area contributed by atoms with Crippen LogP contribution in [-0.4, -0.2) is 0 Å². The third-order valence-corrected chi connectivity index (χ3v) is 3.76. The van der Waals surface area contributed by atoms with Gasteiger partial charge in [-0.05, 0) is 25.7 Å². The second kappa shape index (κ2) is 2.23. The average molecular weight is 160 g/mol. The van der Waals surface area contributed by atoms with Crippen molar-refractivity contribution in [3.8, 4) is 12.1 Å². The molecule has 2 rings (SSSR count). The van der Waals surface area contributed by atoms with E-state index in [0.29, 0.717) is 0 Å². The largest absolute Gasteiger partial charge is 0.198 e. The van der Waals surface area contributed by atoms with E-state index in [1.165, 1.54) is 0 Å². The molecular weight excluding hydrogens is 148 g/mol. The Labute approximate surface area is 72.8 Å². The SMILES string of the molecule is N#CC1(C2(C#N)CCC2)CCC1. The Kier molecular flexibility index (Phi) is 1.42. The number of hydrogen-bond acceptors (Lipinski definition) is 2. The van der Waals surface area contributed by atoms with E-state index in [9.17, 15) is 0 Å². The highest BCUT2D eigenvalue weighted by molar-refractivity contribution is 5.24. The Bertz CT molecular complexity index is 241. The van der Waals surface area contributed by atoms with Crippen molar-refractivity contribution in [2.24, 2.45) is 10.8 Å². The van der Waals surface area contributed by atoms with Crippen molar-refractivity contribution in [2.45, 2.75) is 38.5 Å². The van der Waals surface area contributed by atoms with Crippen LogP contribution in [0.15, 0.2) is 0 Å². The fourth-order valence-corrected chi connectivity index (χ4v) is 2.46. The van der Waals surface area contributed by atoms with E-state index in [-0.39, 0.29) is 10.8 Å². The minimum atomic E-state index is -0.250. The lowest BCUT2D eigenvalue weighted by atomic mass is 9.47. The summed E-state index contributed by atoms with van der Waals surface area (Å²) in [6.45, 7) is 0. The zero-order valence-corrected chi connectivity index (χ0v) is 7.14. The molecule has 2 heteroatoms. The third kappa shape index (κ3) is 0.636. The van der Waals surface area contributed by atoms with E-state index in [0.717, 1.165) is 38.5 Å². The molecule has 0 amide bonds. The van der Waals surface area contributed by atoms with E-state index in [2.05, 4.69) is 12.1 Å². The molecule has 2 aliphatic rings. The Hall–Kier alpha value is -1.02. The fraction of sp³-hybridized carbons (Fsp3) is 0.800. The highest BCUT2D eigenvalue weighted by atomic mass is 14.6. The maximum atomic E-state index is 9.07. The summed E-state index contributed by atoms with van der Waals surface area (Å²) in [5.74, 6) is 0. The first kappa shape index (κ1) is 7.62.